The Hall–Kier alpha value is -0.610. The highest BCUT2D eigenvalue weighted by molar-refractivity contribution is 5.73. The fourth-order valence-corrected chi connectivity index (χ4v) is 2.30. The summed E-state index contributed by atoms with van der Waals surface area (Å²) in [6.45, 7) is 5.35. The summed E-state index contributed by atoms with van der Waals surface area (Å²) in [5.41, 5.74) is 5.49. The Morgan fingerprint density at radius 3 is 2.71 bits per heavy atom. The molecule has 4 nitrogen and oxygen atoms in total. The Labute approximate surface area is 85.1 Å². The summed E-state index contributed by atoms with van der Waals surface area (Å²) in [5, 5.41) is 9.01. The van der Waals surface area contributed by atoms with Crippen LogP contribution in [0.4, 0.5) is 0 Å². The minimum absolute atomic E-state index is 0.207. The van der Waals surface area contributed by atoms with Gasteiger partial charge >= 0.3 is 5.97 Å². The van der Waals surface area contributed by atoms with Crippen molar-refractivity contribution in [1.82, 2.24) is 4.90 Å². The fraction of sp³-hybridized carbons (Fsp3) is 0.900. The molecule has 1 rings (SSSR count). The van der Waals surface area contributed by atoms with Crippen molar-refractivity contribution in [2.75, 3.05) is 13.1 Å². The molecular formula is C10H20N2O2. The molecule has 0 aromatic carbocycles. The smallest absolute Gasteiger partial charge is 0.322 e. The number of likely N-dealkylation sites (tertiary alicyclic amines) is 1. The first-order chi connectivity index (χ1) is 6.57. The summed E-state index contributed by atoms with van der Waals surface area (Å²) < 4.78 is 0. The van der Waals surface area contributed by atoms with Crippen LogP contribution in [0.2, 0.25) is 0 Å². The lowest BCUT2D eigenvalue weighted by atomic mass is 10.0. The van der Waals surface area contributed by atoms with Gasteiger partial charge in [0.15, 0.2) is 0 Å². The van der Waals surface area contributed by atoms with Gasteiger partial charge in [-0.1, -0.05) is 13.8 Å². The maximum absolute atomic E-state index is 11.0. The van der Waals surface area contributed by atoms with Crippen molar-refractivity contribution in [1.29, 1.82) is 0 Å². The van der Waals surface area contributed by atoms with E-state index in [2.05, 4.69) is 13.8 Å². The maximum Gasteiger partial charge on any atom is 0.322 e. The SMILES string of the molecule is CC(C)C1CCCN1C(CN)C(=O)O. The van der Waals surface area contributed by atoms with Crippen LogP contribution in [0.1, 0.15) is 26.7 Å². The van der Waals surface area contributed by atoms with E-state index in [-0.39, 0.29) is 6.54 Å². The summed E-state index contributed by atoms with van der Waals surface area (Å²) >= 11 is 0. The van der Waals surface area contributed by atoms with Crippen molar-refractivity contribution < 1.29 is 9.90 Å². The molecule has 0 aromatic rings. The molecule has 1 aliphatic rings. The van der Waals surface area contributed by atoms with E-state index in [1.807, 2.05) is 4.90 Å². The second-order valence-corrected chi connectivity index (χ2v) is 4.28. The van der Waals surface area contributed by atoms with Crippen molar-refractivity contribution in [2.45, 2.75) is 38.8 Å². The number of aliphatic carboxylic acids is 1. The number of nitrogens with two attached hydrogens (primary N) is 1. The Morgan fingerprint density at radius 1 is 1.64 bits per heavy atom. The van der Waals surface area contributed by atoms with E-state index in [1.54, 1.807) is 0 Å². The van der Waals surface area contributed by atoms with E-state index in [0.717, 1.165) is 19.4 Å². The molecule has 14 heavy (non-hydrogen) atoms. The minimum Gasteiger partial charge on any atom is -0.480 e. The summed E-state index contributed by atoms with van der Waals surface area (Å²) in [4.78, 5) is 13.0. The molecule has 2 unspecified atom stereocenters. The Bertz CT molecular complexity index is 206. The number of hydrogen-bond acceptors (Lipinski definition) is 3. The Morgan fingerprint density at radius 2 is 2.29 bits per heavy atom. The lowest BCUT2D eigenvalue weighted by Gasteiger charge is -2.31. The van der Waals surface area contributed by atoms with Crippen LogP contribution in [0.25, 0.3) is 0 Å². The van der Waals surface area contributed by atoms with E-state index in [9.17, 15) is 4.79 Å². The zero-order chi connectivity index (χ0) is 10.7. The molecule has 1 fully saturated rings. The zero-order valence-corrected chi connectivity index (χ0v) is 8.94. The molecular weight excluding hydrogens is 180 g/mol. The van der Waals surface area contributed by atoms with Gasteiger partial charge in [0.25, 0.3) is 0 Å². The highest BCUT2D eigenvalue weighted by Crippen LogP contribution is 2.25. The molecule has 1 aliphatic heterocycles. The van der Waals surface area contributed by atoms with Gasteiger partial charge in [-0.05, 0) is 25.3 Å². The Kier molecular flexibility index (Phi) is 3.89. The van der Waals surface area contributed by atoms with E-state index in [4.69, 9.17) is 10.8 Å². The highest BCUT2D eigenvalue weighted by Gasteiger charge is 2.35. The quantitative estimate of drug-likeness (QED) is 0.694. The van der Waals surface area contributed by atoms with Gasteiger partial charge in [-0.3, -0.25) is 9.69 Å². The zero-order valence-electron chi connectivity index (χ0n) is 8.94. The first kappa shape index (κ1) is 11.5. The molecule has 0 aromatic heterocycles. The van der Waals surface area contributed by atoms with Crippen LogP contribution < -0.4 is 5.73 Å². The number of carboxylic acids is 1. The highest BCUT2D eigenvalue weighted by atomic mass is 16.4. The molecule has 3 N–H and O–H groups in total. The fourth-order valence-electron chi connectivity index (χ4n) is 2.30. The maximum atomic E-state index is 11.0. The van der Waals surface area contributed by atoms with Gasteiger partial charge in [0.2, 0.25) is 0 Å². The molecule has 1 saturated heterocycles. The number of hydrogen-bond donors (Lipinski definition) is 2. The molecule has 0 spiro atoms. The summed E-state index contributed by atoms with van der Waals surface area (Å²) in [6.07, 6.45) is 2.19. The monoisotopic (exact) mass is 200 g/mol. The molecule has 0 amide bonds. The normalized spacial score (nSPS) is 25.6. The van der Waals surface area contributed by atoms with Crippen molar-refractivity contribution in [3.05, 3.63) is 0 Å². The standard InChI is InChI=1S/C10H20N2O2/c1-7(2)8-4-3-5-12(8)9(6-11)10(13)14/h7-9H,3-6,11H2,1-2H3,(H,13,14). The van der Waals surface area contributed by atoms with Crippen LogP contribution in [0.3, 0.4) is 0 Å². The predicted octanol–water partition coefficient (Wildman–Crippen LogP) is 0.519. The van der Waals surface area contributed by atoms with Crippen LogP contribution in [0, 0.1) is 5.92 Å². The summed E-state index contributed by atoms with van der Waals surface area (Å²) in [7, 11) is 0. The molecule has 4 heteroatoms. The van der Waals surface area contributed by atoms with Crippen LogP contribution >= 0.6 is 0 Å². The molecule has 82 valence electrons. The second-order valence-electron chi connectivity index (χ2n) is 4.28. The van der Waals surface area contributed by atoms with Crippen LogP contribution in [-0.2, 0) is 4.79 Å². The number of carbonyl (C=O) groups is 1. The Balaban J connectivity index is 2.69. The molecule has 0 saturated carbocycles. The third-order valence-electron chi connectivity index (χ3n) is 3.02. The lowest BCUT2D eigenvalue weighted by molar-refractivity contribution is -0.143. The lowest BCUT2D eigenvalue weighted by Crippen LogP contribution is -2.49. The van der Waals surface area contributed by atoms with Gasteiger partial charge in [-0.15, -0.1) is 0 Å². The number of rotatable bonds is 4. The second kappa shape index (κ2) is 4.75. The predicted molar refractivity (Wildman–Crippen MR) is 55.0 cm³/mol. The van der Waals surface area contributed by atoms with Gasteiger partial charge in [0.1, 0.15) is 6.04 Å². The summed E-state index contributed by atoms with van der Waals surface area (Å²) in [5.74, 6) is -0.286. The van der Waals surface area contributed by atoms with E-state index in [1.165, 1.54) is 0 Å². The molecule has 2 atom stereocenters. The van der Waals surface area contributed by atoms with Crippen molar-refractivity contribution in [3.8, 4) is 0 Å². The first-order valence-electron chi connectivity index (χ1n) is 5.26. The summed E-state index contributed by atoms with van der Waals surface area (Å²) in [6, 6.07) is -0.107. The molecule has 0 radical (unpaired) electrons. The third-order valence-corrected chi connectivity index (χ3v) is 3.02. The van der Waals surface area contributed by atoms with Gasteiger partial charge in [-0.25, -0.2) is 0 Å². The largest absolute Gasteiger partial charge is 0.480 e. The van der Waals surface area contributed by atoms with E-state index >= 15 is 0 Å². The third kappa shape index (κ3) is 2.25. The molecule has 1 heterocycles. The van der Waals surface area contributed by atoms with E-state index < -0.39 is 12.0 Å². The van der Waals surface area contributed by atoms with Crippen LogP contribution in [0.5, 0.6) is 0 Å². The van der Waals surface area contributed by atoms with E-state index in [0.29, 0.717) is 12.0 Å². The number of carboxylic acid groups (broad SMARTS) is 1. The van der Waals surface area contributed by atoms with Crippen LogP contribution in [-0.4, -0.2) is 41.1 Å². The first-order valence-corrected chi connectivity index (χ1v) is 5.26. The minimum atomic E-state index is -0.792. The van der Waals surface area contributed by atoms with Crippen molar-refractivity contribution in [3.63, 3.8) is 0 Å². The molecule has 0 aliphatic carbocycles. The topological polar surface area (TPSA) is 66.6 Å². The van der Waals surface area contributed by atoms with Crippen molar-refractivity contribution >= 4 is 5.97 Å². The van der Waals surface area contributed by atoms with Crippen molar-refractivity contribution in [2.24, 2.45) is 11.7 Å². The average Bonchev–Trinajstić information content (AvgIpc) is 2.53. The molecule has 0 bridgehead atoms. The van der Waals surface area contributed by atoms with Gasteiger partial charge in [0.05, 0.1) is 0 Å². The average molecular weight is 200 g/mol. The number of nitrogens with zero attached hydrogens (tertiary/aromatic N) is 1. The van der Waals surface area contributed by atoms with Gasteiger partial charge < -0.3 is 10.8 Å². The van der Waals surface area contributed by atoms with Gasteiger partial charge in [-0.2, -0.15) is 0 Å². The van der Waals surface area contributed by atoms with Crippen LogP contribution in [0.15, 0.2) is 0 Å². The van der Waals surface area contributed by atoms with Gasteiger partial charge in [0, 0.05) is 12.6 Å².